The second-order valence-electron chi connectivity index (χ2n) is 5.94. The third-order valence-electron chi connectivity index (χ3n) is 3.72. The third kappa shape index (κ3) is 4.60. The average Bonchev–Trinajstić information content (AvgIpc) is 3.13. The van der Waals surface area contributed by atoms with Gasteiger partial charge in [0.05, 0.1) is 17.7 Å². The maximum atomic E-state index is 12.7. The van der Waals surface area contributed by atoms with Gasteiger partial charge < -0.3 is 21.1 Å². The molecule has 0 aliphatic heterocycles. The van der Waals surface area contributed by atoms with Crippen molar-refractivity contribution < 1.29 is 19.1 Å². The number of methoxy groups -OCH3 is 1. The minimum Gasteiger partial charge on any atom is -0.495 e. The molecule has 4 N–H and O–H groups in total. The molecule has 0 bridgehead atoms. The van der Waals surface area contributed by atoms with Gasteiger partial charge in [0.1, 0.15) is 11.8 Å². The zero-order valence-corrected chi connectivity index (χ0v) is 15.6. The van der Waals surface area contributed by atoms with Crippen molar-refractivity contribution in [1.29, 1.82) is 0 Å². The largest absolute Gasteiger partial charge is 0.495 e. The molecule has 1 unspecified atom stereocenters. The molecule has 1 aromatic carbocycles. The SMILES string of the molecule is COc1ccc(C(N)=O)cc1NC(=O)C(NC(=O)c1cccs1)C(C)C. The highest BCUT2D eigenvalue weighted by Crippen LogP contribution is 2.26. The molecule has 2 aromatic rings. The van der Waals surface area contributed by atoms with Gasteiger partial charge in [0.2, 0.25) is 11.8 Å². The lowest BCUT2D eigenvalue weighted by Gasteiger charge is -2.22. The van der Waals surface area contributed by atoms with Crippen molar-refractivity contribution in [3.8, 4) is 5.75 Å². The predicted molar refractivity (Wildman–Crippen MR) is 101 cm³/mol. The van der Waals surface area contributed by atoms with Crippen LogP contribution in [0.15, 0.2) is 35.7 Å². The van der Waals surface area contributed by atoms with E-state index in [1.807, 2.05) is 13.8 Å². The highest BCUT2D eigenvalue weighted by atomic mass is 32.1. The van der Waals surface area contributed by atoms with Crippen molar-refractivity contribution >= 4 is 34.7 Å². The third-order valence-corrected chi connectivity index (χ3v) is 4.59. The van der Waals surface area contributed by atoms with Gasteiger partial charge in [0, 0.05) is 5.56 Å². The minimum absolute atomic E-state index is 0.149. The number of anilines is 1. The molecule has 1 atom stereocenters. The van der Waals surface area contributed by atoms with Gasteiger partial charge >= 0.3 is 0 Å². The number of carbonyl (C=O) groups is 3. The van der Waals surface area contributed by atoms with E-state index in [0.29, 0.717) is 16.3 Å². The van der Waals surface area contributed by atoms with Crippen LogP contribution in [0.3, 0.4) is 0 Å². The lowest BCUT2D eigenvalue weighted by molar-refractivity contribution is -0.118. The molecule has 0 aliphatic carbocycles. The molecule has 2 rings (SSSR count). The van der Waals surface area contributed by atoms with E-state index in [-0.39, 0.29) is 17.4 Å². The molecule has 1 aromatic heterocycles. The van der Waals surface area contributed by atoms with Crippen molar-refractivity contribution in [3.05, 3.63) is 46.2 Å². The fourth-order valence-corrected chi connectivity index (χ4v) is 2.95. The van der Waals surface area contributed by atoms with Gasteiger partial charge in [0.25, 0.3) is 5.91 Å². The fraction of sp³-hybridized carbons (Fsp3) is 0.278. The van der Waals surface area contributed by atoms with Gasteiger partial charge in [-0.2, -0.15) is 0 Å². The number of thiophene rings is 1. The summed E-state index contributed by atoms with van der Waals surface area (Å²) in [5, 5.41) is 7.24. The Kier molecular flexibility index (Phi) is 6.35. The average molecular weight is 375 g/mol. The van der Waals surface area contributed by atoms with Crippen LogP contribution in [0.5, 0.6) is 5.75 Å². The quantitative estimate of drug-likeness (QED) is 0.689. The van der Waals surface area contributed by atoms with Gasteiger partial charge in [-0.1, -0.05) is 19.9 Å². The lowest BCUT2D eigenvalue weighted by atomic mass is 10.0. The first-order chi connectivity index (χ1) is 12.3. The van der Waals surface area contributed by atoms with Gasteiger partial charge in [-0.05, 0) is 35.6 Å². The van der Waals surface area contributed by atoms with E-state index < -0.39 is 17.9 Å². The number of carbonyl (C=O) groups excluding carboxylic acids is 3. The molecule has 0 saturated heterocycles. The van der Waals surface area contributed by atoms with Crippen LogP contribution in [0.1, 0.15) is 33.9 Å². The molecule has 138 valence electrons. The van der Waals surface area contributed by atoms with Gasteiger partial charge in [-0.25, -0.2) is 0 Å². The van der Waals surface area contributed by atoms with Gasteiger partial charge in [-0.3, -0.25) is 14.4 Å². The summed E-state index contributed by atoms with van der Waals surface area (Å²) in [5.74, 6) is -1.11. The topological polar surface area (TPSA) is 111 Å². The Morgan fingerprint density at radius 3 is 2.46 bits per heavy atom. The van der Waals surface area contributed by atoms with Crippen molar-refractivity contribution in [1.82, 2.24) is 5.32 Å². The first-order valence-electron chi connectivity index (χ1n) is 7.96. The number of ether oxygens (including phenoxy) is 1. The number of hydrogen-bond acceptors (Lipinski definition) is 5. The summed E-state index contributed by atoms with van der Waals surface area (Å²) in [5.41, 5.74) is 5.84. The van der Waals surface area contributed by atoms with Crippen LogP contribution in [0.25, 0.3) is 0 Å². The zero-order chi connectivity index (χ0) is 19.3. The molecule has 3 amide bonds. The molecule has 26 heavy (non-hydrogen) atoms. The molecular weight excluding hydrogens is 354 g/mol. The van der Waals surface area contributed by atoms with Crippen LogP contribution in [0, 0.1) is 5.92 Å². The number of nitrogens with two attached hydrogens (primary N) is 1. The smallest absolute Gasteiger partial charge is 0.262 e. The summed E-state index contributed by atoms with van der Waals surface area (Å²) in [6, 6.07) is 7.20. The van der Waals surface area contributed by atoms with E-state index in [0.717, 1.165) is 0 Å². The van der Waals surface area contributed by atoms with Crippen molar-refractivity contribution in [2.24, 2.45) is 11.7 Å². The molecule has 1 heterocycles. The Balaban J connectivity index is 2.21. The molecule has 0 saturated carbocycles. The van der Waals surface area contributed by atoms with Crippen LogP contribution < -0.4 is 21.1 Å². The number of nitrogens with one attached hydrogen (secondary N) is 2. The maximum absolute atomic E-state index is 12.7. The fourth-order valence-electron chi connectivity index (χ4n) is 2.32. The Labute approximate surface area is 155 Å². The zero-order valence-electron chi connectivity index (χ0n) is 14.7. The van der Waals surface area contributed by atoms with Crippen molar-refractivity contribution in [3.63, 3.8) is 0 Å². The molecular formula is C18H21N3O4S. The van der Waals surface area contributed by atoms with Crippen molar-refractivity contribution in [2.75, 3.05) is 12.4 Å². The number of rotatable bonds is 7. The molecule has 0 spiro atoms. The summed E-state index contributed by atoms with van der Waals surface area (Å²) in [6.45, 7) is 3.66. The standard InChI is InChI=1S/C18H21N3O4S/c1-10(2)15(21-17(23)14-5-4-8-26-14)18(24)20-12-9-11(16(19)22)6-7-13(12)25-3/h4-10,15H,1-3H3,(H2,19,22)(H,20,24)(H,21,23). The minimum atomic E-state index is -0.758. The molecule has 0 radical (unpaired) electrons. The van der Waals surface area contributed by atoms with E-state index in [9.17, 15) is 14.4 Å². The Morgan fingerprint density at radius 2 is 1.92 bits per heavy atom. The Hall–Kier alpha value is -2.87. The summed E-state index contributed by atoms with van der Waals surface area (Å²) in [7, 11) is 1.45. The van der Waals surface area contributed by atoms with Crippen LogP contribution >= 0.6 is 11.3 Å². The van der Waals surface area contributed by atoms with E-state index in [2.05, 4.69) is 10.6 Å². The monoisotopic (exact) mass is 375 g/mol. The van der Waals surface area contributed by atoms with E-state index in [4.69, 9.17) is 10.5 Å². The first kappa shape index (κ1) is 19.5. The van der Waals surface area contributed by atoms with Crippen LogP contribution in [-0.2, 0) is 4.79 Å². The van der Waals surface area contributed by atoms with Crippen molar-refractivity contribution in [2.45, 2.75) is 19.9 Å². The van der Waals surface area contributed by atoms with Crippen LogP contribution in [0.4, 0.5) is 5.69 Å². The number of hydrogen-bond donors (Lipinski definition) is 3. The lowest BCUT2D eigenvalue weighted by Crippen LogP contribution is -2.47. The normalized spacial score (nSPS) is 11.7. The molecule has 7 nitrogen and oxygen atoms in total. The Morgan fingerprint density at radius 1 is 1.19 bits per heavy atom. The summed E-state index contributed by atoms with van der Waals surface area (Å²) in [4.78, 5) is 36.9. The van der Waals surface area contributed by atoms with E-state index >= 15 is 0 Å². The first-order valence-corrected chi connectivity index (χ1v) is 8.84. The van der Waals surface area contributed by atoms with Crippen LogP contribution in [-0.4, -0.2) is 30.9 Å². The number of primary amides is 1. The molecule has 0 fully saturated rings. The molecule has 0 aliphatic rings. The summed E-state index contributed by atoms with van der Waals surface area (Å²) >= 11 is 1.30. The maximum Gasteiger partial charge on any atom is 0.262 e. The summed E-state index contributed by atoms with van der Waals surface area (Å²) < 4.78 is 5.21. The molecule has 8 heteroatoms. The van der Waals surface area contributed by atoms with E-state index in [1.54, 1.807) is 23.6 Å². The second-order valence-corrected chi connectivity index (χ2v) is 6.89. The van der Waals surface area contributed by atoms with E-state index in [1.165, 1.54) is 30.6 Å². The highest BCUT2D eigenvalue weighted by molar-refractivity contribution is 7.12. The van der Waals surface area contributed by atoms with Crippen LogP contribution in [0.2, 0.25) is 0 Å². The van der Waals surface area contributed by atoms with Gasteiger partial charge in [0.15, 0.2) is 0 Å². The predicted octanol–water partition coefficient (Wildman–Crippen LogP) is 2.25. The number of benzene rings is 1. The van der Waals surface area contributed by atoms with Gasteiger partial charge in [-0.15, -0.1) is 11.3 Å². The second kappa shape index (κ2) is 8.48. The number of amides is 3. The Bertz CT molecular complexity index is 803. The summed E-state index contributed by atoms with van der Waals surface area (Å²) in [6.07, 6.45) is 0. The highest BCUT2D eigenvalue weighted by Gasteiger charge is 2.26.